The minimum absolute atomic E-state index is 0.0322. The number of hydrogen-bond acceptors (Lipinski definition) is 5. The molecule has 0 radical (unpaired) electrons. The maximum absolute atomic E-state index is 11.8. The Morgan fingerprint density at radius 2 is 1.68 bits per heavy atom. The normalized spacial score (nSPS) is 11.0. The number of aromatic nitrogens is 2. The number of carbonyl (C=O) groups is 1. The highest BCUT2D eigenvalue weighted by molar-refractivity contribution is 8.13. The van der Waals surface area contributed by atoms with Crippen LogP contribution in [0.25, 0.3) is 0 Å². The number of nitrogens with zero attached hydrogens (tertiary/aromatic N) is 2. The van der Waals surface area contributed by atoms with Gasteiger partial charge in [0.2, 0.25) is 0 Å². The van der Waals surface area contributed by atoms with E-state index in [-0.39, 0.29) is 10.8 Å². The highest BCUT2D eigenvalue weighted by Crippen LogP contribution is 2.17. The summed E-state index contributed by atoms with van der Waals surface area (Å²) in [7, 11) is 1.42. The zero-order chi connectivity index (χ0) is 13.9. The quantitative estimate of drug-likeness (QED) is 0.870. The molecule has 0 aliphatic carbocycles. The van der Waals surface area contributed by atoms with Gasteiger partial charge in [-0.15, -0.1) is 0 Å². The van der Waals surface area contributed by atoms with E-state index in [9.17, 15) is 13.2 Å². The molecule has 0 saturated heterocycles. The zero-order valence-electron chi connectivity index (χ0n) is 9.45. The Morgan fingerprint density at radius 1 is 1.11 bits per heavy atom. The molecule has 0 atom stereocenters. The Balaban J connectivity index is 2.15. The third kappa shape index (κ3) is 3.49. The van der Waals surface area contributed by atoms with Crippen LogP contribution in [-0.4, -0.2) is 24.3 Å². The van der Waals surface area contributed by atoms with Gasteiger partial charge in [0.25, 0.3) is 15.0 Å². The van der Waals surface area contributed by atoms with Crippen LogP contribution in [-0.2, 0) is 9.05 Å². The van der Waals surface area contributed by atoms with Gasteiger partial charge in [-0.05, 0) is 24.3 Å². The number of halogens is 1. The molecule has 1 N–H and O–H groups in total. The Labute approximate surface area is 113 Å². The van der Waals surface area contributed by atoms with Gasteiger partial charge in [0.1, 0.15) is 6.33 Å². The van der Waals surface area contributed by atoms with Crippen molar-refractivity contribution in [3.05, 3.63) is 48.5 Å². The maximum Gasteiger partial charge on any atom is 0.261 e. The summed E-state index contributed by atoms with van der Waals surface area (Å²) in [5, 5.41) is 2.58. The fourth-order valence-corrected chi connectivity index (χ4v) is 2.09. The number of amides is 1. The van der Waals surface area contributed by atoms with Gasteiger partial charge in [-0.25, -0.2) is 18.4 Å². The van der Waals surface area contributed by atoms with Crippen LogP contribution in [0.3, 0.4) is 0 Å². The van der Waals surface area contributed by atoms with Crippen LogP contribution in [0.5, 0.6) is 0 Å². The standard InChI is InChI=1S/C11H8ClN3O3S/c12-19(17,18)10-3-1-9(2-4-10)15-11(16)8-5-13-7-14-6-8/h1-7H,(H,15,16). The Hall–Kier alpha value is -1.99. The van der Waals surface area contributed by atoms with Crippen molar-refractivity contribution in [2.45, 2.75) is 4.90 Å². The molecule has 6 nitrogen and oxygen atoms in total. The molecule has 1 aromatic heterocycles. The van der Waals surface area contributed by atoms with Crippen molar-refractivity contribution in [2.75, 3.05) is 5.32 Å². The third-order valence-corrected chi connectivity index (χ3v) is 3.59. The van der Waals surface area contributed by atoms with Gasteiger partial charge in [0, 0.05) is 28.8 Å². The molecular formula is C11H8ClN3O3S. The van der Waals surface area contributed by atoms with E-state index in [2.05, 4.69) is 15.3 Å². The van der Waals surface area contributed by atoms with Gasteiger partial charge in [0.05, 0.1) is 10.5 Å². The van der Waals surface area contributed by atoms with Gasteiger partial charge in [-0.3, -0.25) is 4.79 Å². The topological polar surface area (TPSA) is 89.0 Å². The number of nitrogens with one attached hydrogen (secondary N) is 1. The van der Waals surface area contributed by atoms with E-state index in [0.717, 1.165) is 0 Å². The van der Waals surface area contributed by atoms with Crippen molar-refractivity contribution in [3.8, 4) is 0 Å². The fourth-order valence-electron chi connectivity index (χ4n) is 1.32. The first-order chi connectivity index (χ1) is 8.97. The summed E-state index contributed by atoms with van der Waals surface area (Å²) < 4.78 is 22.1. The molecule has 0 bridgehead atoms. The second-order valence-corrected chi connectivity index (χ2v) is 6.11. The van der Waals surface area contributed by atoms with Gasteiger partial charge >= 0.3 is 0 Å². The van der Waals surface area contributed by atoms with E-state index >= 15 is 0 Å². The van der Waals surface area contributed by atoms with Gasteiger partial charge in [0.15, 0.2) is 0 Å². The summed E-state index contributed by atoms with van der Waals surface area (Å²) >= 11 is 0. The molecule has 0 aliphatic heterocycles. The first-order valence-corrected chi connectivity index (χ1v) is 7.39. The van der Waals surface area contributed by atoms with Gasteiger partial charge in [-0.1, -0.05) is 0 Å². The lowest BCUT2D eigenvalue weighted by atomic mass is 10.3. The minimum atomic E-state index is -3.76. The molecule has 1 amide bonds. The summed E-state index contributed by atoms with van der Waals surface area (Å²) in [6.45, 7) is 0. The van der Waals surface area contributed by atoms with E-state index in [1.807, 2.05) is 0 Å². The molecule has 19 heavy (non-hydrogen) atoms. The number of benzene rings is 1. The number of rotatable bonds is 3. The van der Waals surface area contributed by atoms with E-state index in [1.54, 1.807) is 0 Å². The summed E-state index contributed by atoms with van der Waals surface area (Å²) in [4.78, 5) is 19.2. The molecule has 0 fully saturated rings. The van der Waals surface area contributed by atoms with Crippen molar-refractivity contribution >= 4 is 31.3 Å². The monoisotopic (exact) mass is 297 g/mol. The molecule has 8 heteroatoms. The zero-order valence-corrected chi connectivity index (χ0v) is 11.0. The lowest BCUT2D eigenvalue weighted by molar-refractivity contribution is 0.102. The van der Waals surface area contributed by atoms with Crippen molar-refractivity contribution in [1.82, 2.24) is 9.97 Å². The second-order valence-electron chi connectivity index (χ2n) is 3.54. The fraction of sp³-hybridized carbons (Fsp3) is 0. The highest BCUT2D eigenvalue weighted by atomic mass is 35.7. The van der Waals surface area contributed by atoms with Crippen LogP contribution < -0.4 is 5.32 Å². The van der Waals surface area contributed by atoms with E-state index in [1.165, 1.54) is 43.0 Å². The first kappa shape index (κ1) is 13.4. The van der Waals surface area contributed by atoms with Crippen LogP contribution in [0.4, 0.5) is 5.69 Å². The third-order valence-electron chi connectivity index (χ3n) is 2.22. The van der Waals surface area contributed by atoms with E-state index in [4.69, 9.17) is 10.7 Å². The largest absolute Gasteiger partial charge is 0.322 e. The summed E-state index contributed by atoms with van der Waals surface area (Å²) in [5.74, 6) is -0.387. The summed E-state index contributed by atoms with van der Waals surface area (Å²) in [6.07, 6.45) is 4.07. The van der Waals surface area contributed by atoms with Gasteiger partial charge < -0.3 is 5.32 Å². The smallest absolute Gasteiger partial charge is 0.261 e. The van der Waals surface area contributed by atoms with Crippen molar-refractivity contribution in [1.29, 1.82) is 0 Å². The maximum atomic E-state index is 11.8. The summed E-state index contributed by atoms with van der Waals surface area (Å²) in [6, 6.07) is 5.49. The van der Waals surface area contributed by atoms with Crippen molar-refractivity contribution < 1.29 is 13.2 Å². The van der Waals surface area contributed by atoms with Crippen molar-refractivity contribution in [3.63, 3.8) is 0 Å². The van der Waals surface area contributed by atoms with Crippen LogP contribution in [0.1, 0.15) is 10.4 Å². The Morgan fingerprint density at radius 3 is 2.21 bits per heavy atom. The lowest BCUT2D eigenvalue weighted by Crippen LogP contribution is -2.12. The Bertz CT molecular complexity index is 687. The molecule has 1 heterocycles. The average Bonchev–Trinajstić information content (AvgIpc) is 2.39. The minimum Gasteiger partial charge on any atom is -0.322 e. The Kier molecular flexibility index (Phi) is 3.77. The molecule has 0 unspecified atom stereocenters. The molecule has 0 spiro atoms. The van der Waals surface area contributed by atoms with Crippen molar-refractivity contribution in [2.24, 2.45) is 0 Å². The van der Waals surface area contributed by atoms with Gasteiger partial charge in [-0.2, -0.15) is 0 Å². The second kappa shape index (κ2) is 5.33. The molecule has 2 aromatic rings. The predicted molar refractivity (Wildman–Crippen MR) is 69.5 cm³/mol. The molecule has 0 saturated carbocycles. The van der Waals surface area contributed by atoms with Crippen LogP contribution in [0, 0.1) is 0 Å². The molecule has 1 aromatic carbocycles. The molecule has 2 rings (SSSR count). The molecule has 0 aliphatic rings. The first-order valence-electron chi connectivity index (χ1n) is 5.08. The van der Waals surface area contributed by atoms with E-state index in [0.29, 0.717) is 11.3 Å². The number of anilines is 1. The number of carbonyl (C=O) groups excluding carboxylic acids is 1. The number of hydrogen-bond donors (Lipinski definition) is 1. The molecular weight excluding hydrogens is 290 g/mol. The van der Waals surface area contributed by atoms with Crippen LogP contribution in [0.15, 0.2) is 47.9 Å². The van der Waals surface area contributed by atoms with Crippen LogP contribution >= 0.6 is 10.7 Å². The predicted octanol–water partition coefficient (Wildman–Crippen LogP) is 1.66. The highest BCUT2D eigenvalue weighted by Gasteiger charge is 2.10. The lowest BCUT2D eigenvalue weighted by Gasteiger charge is -2.05. The molecule has 98 valence electrons. The van der Waals surface area contributed by atoms with Crippen LogP contribution in [0.2, 0.25) is 0 Å². The SMILES string of the molecule is O=C(Nc1ccc(S(=O)(=O)Cl)cc1)c1cncnc1. The average molecular weight is 298 g/mol. The summed E-state index contributed by atoms with van der Waals surface area (Å²) in [5.41, 5.74) is 0.745. The van der Waals surface area contributed by atoms with E-state index < -0.39 is 9.05 Å².